The van der Waals surface area contributed by atoms with Crippen LogP contribution in [0.1, 0.15) is 106 Å². The molecule has 12 aromatic rings. The minimum absolute atomic E-state index is 0.000466. The van der Waals surface area contributed by atoms with E-state index < -0.39 is 0 Å². The molecule has 0 radical (unpaired) electrons. The van der Waals surface area contributed by atoms with Crippen molar-refractivity contribution in [3.63, 3.8) is 0 Å². The summed E-state index contributed by atoms with van der Waals surface area (Å²) < 4.78 is 40.8. The Morgan fingerprint density at radius 1 is 0.393 bits per heavy atom. The third-order valence-corrected chi connectivity index (χ3v) is 22.4. The van der Waals surface area contributed by atoms with Gasteiger partial charge < -0.3 is 58.5 Å². The van der Waals surface area contributed by atoms with Gasteiger partial charge >= 0.3 is 0 Å². The lowest BCUT2D eigenvalue weighted by atomic mass is 10.0. The first-order chi connectivity index (χ1) is 58.8. The number of pyridine rings is 8. The second-order valence-electron chi connectivity index (χ2n) is 31.6. The number of aryl methyl sites for hydroxylation is 1. The predicted octanol–water partition coefficient (Wildman–Crippen LogP) is 9.90. The van der Waals surface area contributed by atoms with Crippen molar-refractivity contribution in [2.75, 3.05) is 75.3 Å². The van der Waals surface area contributed by atoms with Gasteiger partial charge in [-0.25, -0.2) is 53.0 Å². The van der Waals surface area contributed by atoms with Crippen LogP contribution in [0.2, 0.25) is 0 Å². The molecule has 7 aliphatic rings. The predicted molar refractivity (Wildman–Crippen MR) is 451 cm³/mol. The number of fused-ring (bicyclic) bond motifs is 4. The first-order valence-corrected chi connectivity index (χ1v) is 40.2. The molecule has 9 amide bonds. The summed E-state index contributed by atoms with van der Waals surface area (Å²) in [6.45, 7) is 8.70. The Labute approximate surface area is 696 Å². The first-order valence-electron chi connectivity index (χ1n) is 40.2. The lowest BCUT2D eigenvalue weighted by Gasteiger charge is -2.44. The number of nitrogens with two attached hydrogens (primary N) is 4. The molecule has 29 nitrogen and oxygen atoms in total. The van der Waals surface area contributed by atoms with Crippen molar-refractivity contribution in [3.05, 3.63) is 216 Å². The summed E-state index contributed by atoms with van der Waals surface area (Å²) in [7, 11) is 0. The summed E-state index contributed by atoms with van der Waals surface area (Å²) in [6, 6.07) is 40.2. The number of carbonyl (C=O) groups is 9. The minimum Gasteiger partial charge on any atom is -0.382 e. The Bertz CT molecular complexity index is 6220. The summed E-state index contributed by atoms with van der Waals surface area (Å²) in [4.78, 5) is 155. The van der Waals surface area contributed by atoms with Crippen LogP contribution in [0.3, 0.4) is 0 Å². The van der Waals surface area contributed by atoms with Crippen LogP contribution in [0.25, 0.3) is 88.6 Å². The van der Waals surface area contributed by atoms with Gasteiger partial charge in [-0.3, -0.25) is 48.1 Å². The summed E-state index contributed by atoms with van der Waals surface area (Å²) in [5.74, 6) is -1.14. The fourth-order valence-corrected chi connectivity index (χ4v) is 15.1. The molecule has 32 heteroatoms. The van der Waals surface area contributed by atoms with Crippen molar-refractivity contribution >= 4 is 120 Å². The van der Waals surface area contributed by atoms with Crippen LogP contribution >= 0.6 is 0 Å². The number of nitrogen functional groups attached to an aromatic ring is 4. The highest BCUT2D eigenvalue weighted by Gasteiger charge is 2.49. The zero-order valence-corrected chi connectivity index (χ0v) is 66.7. The van der Waals surface area contributed by atoms with E-state index in [0.29, 0.717) is 164 Å². The lowest BCUT2D eigenvalue weighted by molar-refractivity contribution is -0.153. The van der Waals surface area contributed by atoms with E-state index in [1.807, 2.05) is 37.3 Å². The third kappa shape index (κ3) is 17.5. The maximum absolute atomic E-state index is 13.7. The van der Waals surface area contributed by atoms with Gasteiger partial charge in [-0.1, -0.05) is 67.1 Å². The second kappa shape index (κ2) is 34.1. The number of benzene rings is 4. The number of hydrogen-bond acceptors (Lipinski definition) is 21. The molecule has 4 aliphatic heterocycles. The van der Waals surface area contributed by atoms with Gasteiger partial charge in [-0.15, -0.1) is 0 Å². The molecule has 3 aliphatic carbocycles. The van der Waals surface area contributed by atoms with Gasteiger partial charge in [0.15, 0.2) is 0 Å². The van der Waals surface area contributed by atoms with E-state index in [0.717, 1.165) is 55.3 Å². The third-order valence-electron chi connectivity index (χ3n) is 22.4. The van der Waals surface area contributed by atoms with Crippen molar-refractivity contribution < 1.29 is 56.3 Å². The number of nitrogens with one attached hydrogen (secondary N) is 3. The molecule has 12 heterocycles. The Kier molecular flexibility index (Phi) is 22.7. The molecule has 122 heavy (non-hydrogen) atoms. The molecule has 0 bridgehead atoms. The molecule has 620 valence electrons. The molecule has 0 atom stereocenters. The van der Waals surface area contributed by atoms with Crippen molar-refractivity contribution in [2.24, 2.45) is 17.8 Å². The van der Waals surface area contributed by atoms with E-state index in [1.54, 1.807) is 99.3 Å². The van der Waals surface area contributed by atoms with Crippen molar-refractivity contribution in [1.29, 1.82) is 0 Å². The molecule has 4 saturated heterocycles. The van der Waals surface area contributed by atoms with Crippen molar-refractivity contribution in [1.82, 2.24) is 80.3 Å². The Hall–Kier alpha value is -14.5. The SMILES string of the molecule is CC(=O)NC1CN(C(=O)c2cnc(N)c3nc(-c4cccc(C)c4)ccc23)C1.CCC(=O)NC1CN(C(=O)c2cnc(N)c3nc(-c4cccc(F)c4)ccc23)C1.Nc1ncc(C(=O)N2CC(N(C(=O)C3CC3)C(=O)C3CC3)C2)c2ccc(-c3cccc(F)c3)nc12.Nc1ncc(C(=O)N2CC(NC(=O)C3CC3)C2)c2ccc(-c3cccc(F)c3)nc12. The highest BCUT2D eigenvalue weighted by molar-refractivity contribution is 6.12. The zero-order chi connectivity index (χ0) is 85.5. The number of nitrogens with zero attached hydrogens (tertiary/aromatic N) is 13. The largest absolute Gasteiger partial charge is 0.382 e. The summed E-state index contributed by atoms with van der Waals surface area (Å²) in [5.41, 5.74) is 33.8. The van der Waals surface area contributed by atoms with E-state index in [-0.39, 0.29) is 130 Å². The number of hydrogen-bond donors (Lipinski definition) is 7. The monoisotopic (exact) mass is 1650 g/mol. The smallest absolute Gasteiger partial charge is 0.256 e. The van der Waals surface area contributed by atoms with Crippen LogP contribution in [-0.2, 0) is 24.0 Å². The van der Waals surface area contributed by atoms with E-state index in [9.17, 15) is 56.3 Å². The van der Waals surface area contributed by atoms with Crippen molar-refractivity contribution in [2.45, 2.75) is 89.9 Å². The van der Waals surface area contributed by atoms with Crippen LogP contribution in [0.5, 0.6) is 0 Å². The molecule has 8 aromatic heterocycles. The molecule has 4 aromatic carbocycles. The van der Waals surface area contributed by atoms with Gasteiger partial charge in [0.25, 0.3) is 23.6 Å². The van der Waals surface area contributed by atoms with E-state index in [1.165, 1.54) is 73.0 Å². The summed E-state index contributed by atoms with van der Waals surface area (Å²) in [6.07, 6.45) is 11.5. The molecular formula is C90H85F3N20O9. The molecular weight excluding hydrogens is 1560 g/mol. The Morgan fingerprint density at radius 3 is 1.00 bits per heavy atom. The number of imide groups is 1. The summed E-state index contributed by atoms with van der Waals surface area (Å²) >= 11 is 0. The first kappa shape index (κ1) is 81.3. The number of anilines is 4. The van der Waals surface area contributed by atoms with Crippen LogP contribution in [0, 0.1) is 42.1 Å². The lowest BCUT2D eigenvalue weighted by Crippen LogP contribution is -2.64. The standard InChI is InChI=1S/C26H24FN5O3.C22H20FN5O2.C21H20FN5O2.C21H21N5O2/c27-17-3-1-2-16(10-17)21-9-8-19-20(11-29-23(28)22(19)30-21)26(35)31-12-18(13-31)32(24(33)14-4-5-14)25(34)15-6-7-15;23-14-3-1-2-13(8-14)18-7-6-16-17(9-25-20(24)19(16)27-18)22(30)28-10-15(11-28)26-21(29)12-4-5-12;1-2-18(28)25-14-10-27(11-14)21(29)16-9-24-20(23)19-15(16)6-7-17(26-19)12-4-3-5-13(22)8-12;1-12-4-3-5-14(8-12)18-7-6-16-17(9-23-20(22)19(16)25-18)21(28)26-10-15(11-26)24-13(2)27/h1-3,8-11,14-15,18H,4-7,12-13H2,(H2,28,29);1-3,6-9,12,15H,4-5,10-11H2,(H2,24,25)(H,26,29);3-9,14H,2,10-11H2,1H3,(H2,23,24)(H,25,28);3-9,15H,10-11H2,1-2H3,(H2,22,23)(H,24,27). The fourth-order valence-electron chi connectivity index (χ4n) is 15.1. The highest BCUT2D eigenvalue weighted by Crippen LogP contribution is 2.40. The molecule has 19 rings (SSSR count). The van der Waals surface area contributed by atoms with Crippen molar-refractivity contribution in [3.8, 4) is 45.0 Å². The minimum atomic E-state index is -0.374. The van der Waals surface area contributed by atoms with Gasteiger partial charge in [0, 0.05) is 152 Å². The number of halogens is 3. The maximum Gasteiger partial charge on any atom is 0.256 e. The van der Waals surface area contributed by atoms with Gasteiger partial charge in [-0.05, 0) is 136 Å². The van der Waals surface area contributed by atoms with E-state index in [4.69, 9.17) is 22.9 Å². The molecule has 0 spiro atoms. The Morgan fingerprint density at radius 2 is 0.697 bits per heavy atom. The number of likely N-dealkylation sites (tertiary alicyclic amines) is 4. The quantitative estimate of drug-likeness (QED) is 0.0442. The molecule has 0 unspecified atom stereocenters. The average molecular weight is 1650 g/mol. The normalized spacial score (nSPS) is 15.7. The van der Waals surface area contributed by atoms with Crippen LogP contribution in [-0.4, -0.2) is 194 Å². The second-order valence-corrected chi connectivity index (χ2v) is 31.6. The van der Waals surface area contributed by atoms with Crippen LogP contribution < -0.4 is 38.9 Å². The van der Waals surface area contributed by atoms with Gasteiger partial charge in [-0.2, -0.15) is 0 Å². The fraction of sp³-hybridized carbons (Fsp3) is 0.278. The van der Waals surface area contributed by atoms with Gasteiger partial charge in [0.1, 0.15) is 62.8 Å². The van der Waals surface area contributed by atoms with Crippen LogP contribution in [0.15, 0.2) is 170 Å². The molecule has 11 N–H and O–H groups in total. The Balaban J connectivity index is 0.000000121. The van der Waals surface area contributed by atoms with Gasteiger partial charge in [0.05, 0.1) is 69.2 Å². The number of rotatable bonds is 16. The number of aromatic nitrogens is 8. The average Bonchev–Trinajstić information content (AvgIpc) is 1.76. The molecule has 3 saturated carbocycles. The van der Waals surface area contributed by atoms with Gasteiger partial charge in [0.2, 0.25) is 29.5 Å². The van der Waals surface area contributed by atoms with Crippen LogP contribution in [0.4, 0.5) is 36.4 Å². The zero-order valence-electron chi connectivity index (χ0n) is 66.7. The topological polar surface area (TPSA) is 413 Å². The number of carbonyl (C=O) groups excluding carboxylic acids is 9. The van der Waals surface area contributed by atoms with E-state index >= 15 is 0 Å². The molecule has 7 fully saturated rings. The highest BCUT2D eigenvalue weighted by atomic mass is 19.1. The number of amides is 9. The maximum atomic E-state index is 13.7. The van der Waals surface area contributed by atoms with E-state index in [2.05, 4.69) is 61.9 Å². The summed E-state index contributed by atoms with van der Waals surface area (Å²) in [5, 5.41) is 11.1.